The van der Waals surface area contributed by atoms with Crippen molar-refractivity contribution in [1.29, 1.82) is 0 Å². The monoisotopic (exact) mass is 453 g/mol. The first-order valence-electron chi connectivity index (χ1n) is 11.6. The van der Waals surface area contributed by atoms with Crippen LogP contribution in [0.3, 0.4) is 0 Å². The van der Waals surface area contributed by atoms with Gasteiger partial charge in [-0.1, -0.05) is 60.7 Å². The first-order valence-corrected chi connectivity index (χ1v) is 11.6. The summed E-state index contributed by atoms with van der Waals surface area (Å²) in [4.78, 5) is 9.54. The lowest BCUT2D eigenvalue weighted by atomic mass is 10.0. The Morgan fingerprint density at radius 2 is 1.46 bits per heavy atom. The molecule has 35 heavy (non-hydrogen) atoms. The molecule has 3 heterocycles. The van der Waals surface area contributed by atoms with Gasteiger partial charge in [-0.3, -0.25) is 4.98 Å². The molecular formula is C31H23N3O. The Balaban J connectivity index is 1.50. The van der Waals surface area contributed by atoms with Gasteiger partial charge in [0.1, 0.15) is 11.4 Å². The van der Waals surface area contributed by atoms with Crippen LogP contribution in [0.1, 0.15) is 5.69 Å². The molecule has 168 valence electrons. The van der Waals surface area contributed by atoms with Crippen LogP contribution >= 0.6 is 0 Å². The van der Waals surface area contributed by atoms with Gasteiger partial charge in [-0.05, 0) is 66.1 Å². The average Bonchev–Trinajstić information content (AvgIpc) is 3.26. The molecule has 0 saturated carbocycles. The van der Waals surface area contributed by atoms with Crippen molar-refractivity contribution in [2.75, 3.05) is 0 Å². The topological polar surface area (TPSA) is 50.4 Å². The van der Waals surface area contributed by atoms with Crippen molar-refractivity contribution in [2.45, 2.75) is 6.92 Å². The number of nitrogens with zero attached hydrogens (tertiary/aromatic N) is 3. The first kappa shape index (κ1) is 20.9. The van der Waals surface area contributed by atoms with Crippen LogP contribution in [0.5, 0.6) is 5.75 Å². The molecule has 3 aromatic carbocycles. The maximum atomic E-state index is 10.8. The van der Waals surface area contributed by atoms with E-state index >= 15 is 0 Å². The van der Waals surface area contributed by atoms with Crippen LogP contribution in [-0.4, -0.2) is 19.5 Å². The Kier molecular flexibility index (Phi) is 5.12. The van der Waals surface area contributed by atoms with Crippen LogP contribution < -0.4 is 0 Å². The van der Waals surface area contributed by atoms with Crippen LogP contribution in [0.4, 0.5) is 0 Å². The van der Waals surface area contributed by atoms with Gasteiger partial charge in [0, 0.05) is 34.8 Å². The second-order valence-electron chi connectivity index (χ2n) is 8.56. The quantitative estimate of drug-likeness (QED) is 0.302. The number of fused-ring (bicyclic) bond motifs is 1. The standard InChI is InChI=1S/C31H23N3O/c1-21-30(27-20-23(15-16-29(27)35)22-9-3-2-4-10-22)33-31-26(13-8-18-34(21)31)24-11-7-12-25(19-24)28-14-5-6-17-32-28/h2-20,35H,1H3. The SMILES string of the molecule is Cc1c(-c2cc(-c3ccccc3)ccc2O)nc2c(-c3cccc(-c4ccccn4)c3)cccn12. The number of aromatic hydroxyl groups is 1. The van der Waals surface area contributed by atoms with E-state index in [4.69, 9.17) is 4.98 Å². The van der Waals surface area contributed by atoms with Gasteiger partial charge in [-0.2, -0.15) is 0 Å². The molecule has 0 amide bonds. The van der Waals surface area contributed by atoms with Crippen molar-refractivity contribution in [3.63, 3.8) is 0 Å². The van der Waals surface area contributed by atoms with Crippen molar-refractivity contribution in [3.8, 4) is 50.5 Å². The molecule has 0 aliphatic rings. The molecule has 0 radical (unpaired) electrons. The molecule has 0 spiro atoms. The maximum absolute atomic E-state index is 10.8. The molecule has 0 fully saturated rings. The minimum Gasteiger partial charge on any atom is -0.507 e. The van der Waals surface area contributed by atoms with Crippen molar-refractivity contribution >= 4 is 5.65 Å². The molecular weight excluding hydrogens is 430 g/mol. The predicted molar refractivity (Wildman–Crippen MR) is 141 cm³/mol. The molecule has 0 bridgehead atoms. The predicted octanol–water partition coefficient (Wildman–Crippen LogP) is 7.41. The number of imidazole rings is 1. The van der Waals surface area contributed by atoms with E-state index in [1.807, 2.05) is 73.9 Å². The highest BCUT2D eigenvalue weighted by Gasteiger charge is 2.17. The van der Waals surface area contributed by atoms with Gasteiger partial charge in [-0.15, -0.1) is 0 Å². The fourth-order valence-corrected chi connectivity index (χ4v) is 4.58. The Hall–Kier alpha value is -4.70. The van der Waals surface area contributed by atoms with Gasteiger partial charge in [0.2, 0.25) is 0 Å². The molecule has 4 heteroatoms. The second-order valence-corrected chi connectivity index (χ2v) is 8.56. The van der Waals surface area contributed by atoms with Crippen LogP contribution in [-0.2, 0) is 0 Å². The molecule has 3 aromatic heterocycles. The summed E-state index contributed by atoms with van der Waals surface area (Å²) in [7, 11) is 0. The molecule has 6 aromatic rings. The van der Waals surface area contributed by atoms with Gasteiger partial charge in [-0.25, -0.2) is 4.98 Å². The van der Waals surface area contributed by atoms with Gasteiger partial charge in [0.05, 0.1) is 11.4 Å². The summed E-state index contributed by atoms with van der Waals surface area (Å²) in [5.41, 5.74) is 9.54. The van der Waals surface area contributed by atoms with Crippen LogP contribution in [0.25, 0.3) is 50.4 Å². The third kappa shape index (κ3) is 3.75. The number of aryl methyl sites for hydroxylation is 1. The fourth-order valence-electron chi connectivity index (χ4n) is 4.58. The van der Waals surface area contributed by atoms with E-state index < -0.39 is 0 Å². The normalized spacial score (nSPS) is 11.1. The molecule has 0 aliphatic heterocycles. The lowest BCUT2D eigenvalue weighted by Gasteiger charge is -2.07. The summed E-state index contributed by atoms with van der Waals surface area (Å²) in [6, 6.07) is 34.3. The zero-order valence-electron chi connectivity index (χ0n) is 19.3. The smallest absolute Gasteiger partial charge is 0.145 e. The Labute approximate surface area is 203 Å². The van der Waals surface area contributed by atoms with E-state index in [9.17, 15) is 5.11 Å². The van der Waals surface area contributed by atoms with Crippen molar-refractivity contribution in [3.05, 3.63) is 121 Å². The summed E-state index contributed by atoms with van der Waals surface area (Å²) < 4.78 is 2.09. The van der Waals surface area contributed by atoms with Gasteiger partial charge < -0.3 is 9.51 Å². The molecule has 4 nitrogen and oxygen atoms in total. The van der Waals surface area contributed by atoms with Crippen LogP contribution in [0.15, 0.2) is 116 Å². The largest absolute Gasteiger partial charge is 0.507 e. The highest BCUT2D eigenvalue weighted by atomic mass is 16.3. The number of rotatable bonds is 4. The Bertz CT molecular complexity index is 1650. The average molecular weight is 454 g/mol. The minimum atomic E-state index is 0.217. The highest BCUT2D eigenvalue weighted by Crippen LogP contribution is 2.37. The molecule has 1 N–H and O–H groups in total. The Morgan fingerprint density at radius 3 is 2.29 bits per heavy atom. The van der Waals surface area contributed by atoms with E-state index in [0.29, 0.717) is 0 Å². The zero-order chi connectivity index (χ0) is 23.8. The van der Waals surface area contributed by atoms with Crippen LogP contribution in [0.2, 0.25) is 0 Å². The number of phenolic OH excluding ortho intramolecular Hbond substituents is 1. The first-order chi connectivity index (χ1) is 17.2. The maximum Gasteiger partial charge on any atom is 0.145 e. The van der Waals surface area contributed by atoms with Crippen molar-refractivity contribution in [1.82, 2.24) is 14.4 Å². The molecule has 0 saturated heterocycles. The number of pyridine rings is 2. The summed E-state index contributed by atoms with van der Waals surface area (Å²) in [6.07, 6.45) is 3.83. The zero-order valence-corrected chi connectivity index (χ0v) is 19.3. The summed E-state index contributed by atoms with van der Waals surface area (Å²) >= 11 is 0. The van der Waals surface area contributed by atoms with Gasteiger partial charge >= 0.3 is 0 Å². The van der Waals surface area contributed by atoms with E-state index in [2.05, 4.69) is 51.8 Å². The summed E-state index contributed by atoms with van der Waals surface area (Å²) in [5.74, 6) is 0.217. The number of hydrogen-bond donors (Lipinski definition) is 1. The molecule has 6 rings (SSSR count). The molecule has 0 atom stereocenters. The van der Waals surface area contributed by atoms with Gasteiger partial charge in [0.15, 0.2) is 0 Å². The Morgan fingerprint density at radius 1 is 0.657 bits per heavy atom. The summed E-state index contributed by atoms with van der Waals surface area (Å²) in [5, 5.41) is 10.8. The lowest BCUT2D eigenvalue weighted by molar-refractivity contribution is 0.477. The number of phenols is 1. The third-order valence-electron chi connectivity index (χ3n) is 6.38. The lowest BCUT2D eigenvalue weighted by Crippen LogP contribution is -1.90. The summed E-state index contributed by atoms with van der Waals surface area (Å²) in [6.45, 7) is 2.04. The third-order valence-corrected chi connectivity index (χ3v) is 6.38. The second kappa shape index (κ2) is 8.58. The van der Waals surface area contributed by atoms with E-state index in [1.54, 1.807) is 6.07 Å². The van der Waals surface area contributed by atoms with Crippen LogP contribution in [0, 0.1) is 6.92 Å². The van der Waals surface area contributed by atoms with E-state index in [-0.39, 0.29) is 5.75 Å². The minimum absolute atomic E-state index is 0.217. The number of hydrogen-bond acceptors (Lipinski definition) is 3. The number of aromatic nitrogens is 3. The van der Waals surface area contributed by atoms with Crippen molar-refractivity contribution < 1.29 is 5.11 Å². The molecule has 0 aliphatic carbocycles. The molecule has 0 unspecified atom stereocenters. The fraction of sp³-hybridized carbons (Fsp3) is 0.0323. The van der Waals surface area contributed by atoms with E-state index in [0.717, 1.165) is 56.1 Å². The van der Waals surface area contributed by atoms with E-state index in [1.165, 1.54) is 0 Å². The van der Waals surface area contributed by atoms with Crippen molar-refractivity contribution in [2.24, 2.45) is 0 Å². The number of benzene rings is 3. The highest BCUT2D eigenvalue weighted by molar-refractivity contribution is 5.84. The van der Waals surface area contributed by atoms with Gasteiger partial charge in [0.25, 0.3) is 0 Å².